The van der Waals surface area contributed by atoms with Gasteiger partial charge in [-0.2, -0.15) is 0 Å². The lowest BCUT2D eigenvalue weighted by Crippen LogP contribution is -2.07. The van der Waals surface area contributed by atoms with Gasteiger partial charge in [-0.25, -0.2) is 9.78 Å². The summed E-state index contributed by atoms with van der Waals surface area (Å²) in [5.41, 5.74) is 0.859. The Balaban J connectivity index is 2.87. The number of esters is 1. The summed E-state index contributed by atoms with van der Waals surface area (Å²) in [7, 11) is 0. The minimum Gasteiger partial charge on any atom is -0.461 e. The third-order valence-corrected chi connectivity index (χ3v) is 1.80. The van der Waals surface area contributed by atoms with E-state index in [0.717, 1.165) is 0 Å². The highest BCUT2D eigenvalue weighted by Crippen LogP contribution is 2.00. The molecule has 4 heteroatoms. The van der Waals surface area contributed by atoms with Crippen LogP contribution in [0.5, 0.6) is 0 Å². The lowest BCUT2D eigenvalue weighted by atomic mass is 10.3. The van der Waals surface area contributed by atoms with Gasteiger partial charge in [0.1, 0.15) is 11.4 Å². The minimum absolute atomic E-state index is 0.290. The summed E-state index contributed by atoms with van der Waals surface area (Å²) in [4.78, 5) is 15.4. The van der Waals surface area contributed by atoms with Gasteiger partial charge in [0.25, 0.3) is 0 Å². The third-order valence-electron chi connectivity index (χ3n) is 1.52. The number of carbonyl (C=O) groups is 1. The van der Waals surface area contributed by atoms with E-state index < -0.39 is 5.97 Å². The molecule has 0 spiro atoms. The number of alkyl halides is 1. The van der Waals surface area contributed by atoms with E-state index >= 15 is 0 Å². The number of halogens is 1. The molecule has 0 amide bonds. The number of hydrogen-bond acceptors (Lipinski definition) is 3. The molecule has 0 saturated heterocycles. The van der Waals surface area contributed by atoms with Crippen LogP contribution in [0.25, 0.3) is 0 Å². The Bertz CT molecular complexity index is 407. The first-order chi connectivity index (χ1) is 7.27. The zero-order valence-electron chi connectivity index (χ0n) is 8.29. The molecule has 0 aliphatic carbocycles. The van der Waals surface area contributed by atoms with Crippen LogP contribution in [0, 0.1) is 11.8 Å². The number of nitrogens with zero attached hydrogens (tertiary/aromatic N) is 1. The average molecular weight is 268 g/mol. The number of rotatable bonds is 2. The fourth-order valence-corrected chi connectivity index (χ4v) is 1.09. The predicted octanol–water partition coefficient (Wildman–Crippen LogP) is 2.00. The van der Waals surface area contributed by atoms with Gasteiger partial charge in [-0.3, -0.25) is 0 Å². The first-order valence-corrected chi connectivity index (χ1v) is 5.59. The summed E-state index contributed by atoms with van der Waals surface area (Å²) in [5, 5.41) is 0.582. The summed E-state index contributed by atoms with van der Waals surface area (Å²) in [6.45, 7) is 2.10. The zero-order chi connectivity index (χ0) is 11.1. The van der Waals surface area contributed by atoms with Gasteiger partial charge in [0.15, 0.2) is 0 Å². The summed E-state index contributed by atoms with van der Waals surface area (Å²) in [6.07, 6.45) is 0. The molecule has 1 heterocycles. The maximum absolute atomic E-state index is 11.3. The number of pyridine rings is 1. The van der Waals surface area contributed by atoms with Gasteiger partial charge in [-0.05, 0) is 25.0 Å². The predicted molar refractivity (Wildman–Crippen MR) is 60.9 cm³/mol. The van der Waals surface area contributed by atoms with Crippen LogP contribution in [0.4, 0.5) is 0 Å². The molecule has 0 radical (unpaired) electrons. The van der Waals surface area contributed by atoms with Gasteiger partial charge in [0.05, 0.1) is 11.9 Å². The van der Waals surface area contributed by atoms with Crippen molar-refractivity contribution in [2.45, 2.75) is 6.92 Å². The Morgan fingerprint density at radius 2 is 2.40 bits per heavy atom. The summed E-state index contributed by atoms with van der Waals surface area (Å²) < 4.78 is 4.83. The Morgan fingerprint density at radius 1 is 1.60 bits per heavy atom. The van der Waals surface area contributed by atoms with E-state index in [1.165, 1.54) is 0 Å². The molecule has 15 heavy (non-hydrogen) atoms. The topological polar surface area (TPSA) is 39.2 Å². The molecule has 0 aliphatic rings. The van der Waals surface area contributed by atoms with Crippen LogP contribution < -0.4 is 0 Å². The zero-order valence-corrected chi connectivity index (χ0v) is 9.87. The normalized spacial score (nSPS) is 8.93. The smallest absolute Gasteiger partial charge is 0.356 e. The molecular weight excluding hydrogens is 258 g/mol. The lowest BCUT2D eigenvalue weighted by Gasteiger charge is -2.00. The van der Waals surface area contributed by atoms with Gasteiger partial charge in [0, 0.05) is 0 Å². The standard InChI is InChI=1S/C11H10BrNO2/c1-2-15-11(14)10-7-3-5-9(13-10)6-4-8-12/h3,5,7H,2,8H2,1H3. The first kappa shape index (κ1) is 11.7. The van der Waals surface area contributed by atoms with Crippen LogP contribution in [0.15, 0.2) is 18.2 Å². The van der Waals surface area contributed by atoms with Crippen LogP contribution in [0.3, 0.4) is 0 Å². The maximum Gasteiger partial charge on any atom is 0.356 e. The first-order valence-electron chi connectivity index (χ1n) is 4.47. The van der Waals surface area contributed by atoms with Crippen molar-refractivity contribution < 1.29 is 9.53 Å². The van der Waals surface area contributed by atoms with E-state index in [9.17, 15) is 4.79 Å². The van der Waals surface area contributed by atoms with Crippen molar-refractivity contribution in [1.29, 1.82) is 0 Å². The van der Waals surface area contributed by atoms with Crippen molar-refractivity contribution in [1.82, 2.24) is 4.98 Å². The highest BCUT2D eigenvalue weighted by atomic mass is 79.9. The third kappa shape index (κ3) is 3.72. The van der Waals surface area contributed by atoms with E-state index in [1.54, 1.807) is 25.1 Å². The number of aromatic nitrogens is 1. The second-order valence-corrected chi connectivity index (χ2v) is 3.12. The summed E-state index contributed by atoms with van der Waals surface area (Å²) in [6, 6.07) is 5.09. The highest BCUT2D eigenvalue weighted by molar-refractivity contribution is 9.09. The average Bonchev–Trinajstić information content (AvgIpc) is 2.27. The maximum atomic E-state index is 11.3. The Kier molecular flexibility index (Phi) is 4.85. The molecule has 0 atom stereocenters. The van der Waals surface area contributed by atoms with Crippen molar-refractivity contribution in [2.24, 2.45) is 0 Å². The Morgan fingerprint density at radius 3 is 3.07 bits per heavy atom. The Labute approximate surface area is 97.0 Å². The van der Waals surface area contributed by atoms with E-state index in [4.69, 9.17) is 4.74 Å². The van der Waals surface area contributed by atoms with Gasteiger partial charge < -0.3 is 4.74 Å². The van der Waals surface area contributed by atoms with Crippen LogP contribution in [-0.2, 0) is 4.74 Å². The second-order valence-electron chi connectivity index (χ2n) is 2.56. The fourth-order valence-electron chi connectivity index (χ4n) is 0.947. The largest absolute Gasteiger partial charge is 0.461 e. The molecule has 0 saturated carbocycles. The molecule has 1 aromatic rings. The summed E-state index contributed by atoms with van der Waals surface area (Å²) >= 11 is 3.19. The molecule has 1 aromatic heterocycles. The highest BCUT2D eigenvalue weighted by Gasteiger charge is 2.07. The van der Waals surface area contributed by atoms with Crippen LogP contribution >= 0.6 is 15.9 Å². The molecule has 0 bridgehead atoms. The van der Waals surface area contributed by atoms with E-state index in [1.807, 2.05) is 0 Å². The quantitative estimate of drug-likeness (QED) is 0.468. The molecular formula is C11H10BrNO2. The number of hydrogen-bond donors (Lipinski definition) is 0. The summed E-state index contributed by atoms with van der Waals surface area (Å²) in [5.74, 6) is 5.21. The van der Waals surface area contributed by atoms with Crippen molar-refractivity contribution in [3.05, 3.63) is 29.6 Å². The second kappa shape index (κ2) is 6.20. The van der Waals surface area contributed by atoms with Crippen molar-refractivity contribution >= 4 is 21.9 Å². The SMILES string of the molecule is CCOC(=O)c1cccc(C#CCBr)n1. The molecule has 0 fully saturated rings. The van der Waals surface area contributed by atoms with Crippen molar-refractivity contribution in [3.8, 4) is 11.8 Å². The number of carbonyl (C=O) groups excluding carboxylic acids is 1. The monoisotopic (exact) mass is 267 g/mol. The molecule has 78 valence electrons. The molecule has 0 N–H and O–H groups in total. The van der Waals surface area contributed by atoms with Gasteiger partial charge in [0.2, 0.25) is 0 Å². The van der Waals surface area contributed by atoms with Crippen molar-refractivity contribution in [2.75, 3.05) is 11.9 Å². The fraction of sp³-hybridized carbons (Fsp3) is 0.273. The molecule has 0 aliphatic heterocycles. The molecule has 0 unspecified atom stereocenters. The van der Waals surface area contributed by atoms with Gasteiger partial charge in [-0.15, -0.1) is 0 Å². The van der Waals surface area contributed by atoms with Crippen LogP contribution in [-0.4, -0.2) is 22.9 Å². The Hall–Kier alpha value is -1.34. The minimum atomic E-state index is -0.417. The van der Waals surface area contributed by atoms with E-state index in [2.05, 4.69) is 32.8 Å². The molecule has 3 nitrogen and oxygen atoms in total. The van der Waals surface area contributed by atoms with Gasteiger partial charge in [-0.1, -0.05) is 27.9 Å². The van der Waals surface area contributed by atoms with Gasteiger partial charge >= 0.3 is 5.97 Å². The van der Waals surface area contributed by atoms with Crippen LogP contribution in [0.2, 0.25) is 0 Å². The van der Waals surface area contributed by atoms with E-state index in [0.29, 0.717) is 23.3 Å². The van der Waals surface area contributed by atoms with Crippen molar-refractivity contribution in [3.63, 3.8) is 0 Å². The molecule has 0 aromatic carbocycles. The van der Waals surface area contributed by atoms with Crippen LogP contribution in [0.1, 0.15) is 23.1 Å². The van der Waals surface area contributed by atoms with E-state index in [-0.39, 0.29) is 0 Å². The lowest BCUT2D eigenvalue weighted by molar-refractivity contribution is 0.0519. The molecule has 1 rings (SSSR count). The number of ether oxygens (including phenoxy) is 1.